The van der Waals surface area contributed by atoms with Gasteiger partial charge in [-0.05, 0) is 6.07 Å². The van der Waals surface area contributed by atoms with E-state index < -0.39 is 0 Å². The average molecular weight is 237 g/mol. The Labute approximate surface area is 101 Å². The number of benzene rings is 1. The Balaban J connectivity index is 0.000000581. The van der Waals surface area contributed by atoms with Crippen molar-refractivity contribution in [2.45, 2.75) is 34.6 Å². The topological polar surface area (TPSA) is 63.8 Å². The quantitative estimate of drug-likeness (QED) is 0.662. The van der Waals surface area contributed by atoms with Gasteiger partial charge in [0.25, 0.3) is 0 Å². The van der Waals surface area contributed by atoms with Crippen molar-refractivity contribution in [2.24, 2.45) is 0 Å². The summed E-state index contributed by atoms with van der Waals surface area (Å²) in [7, 11) is 0. The zero-order valence-electron chi connectivity index (χ0n) is 11.0. The number of rotatable bonds is 0. The van der Waals surface area contributed by atoms with Gasteiger partial charge in [0.1, 0.15) is 5.52 Å². The van der Waals surface area contributed by atoms with Crippen LogP contribution in [0, 0.1) is 17.0 Å². The Morgan fingerprint density at radius 1 is 1.18 bits per heavy atom. The van der Waals surface area contributed by atoms with Gasteiger partial charge in [0.05, 0.1) is 10.0 Å². The number of aromatic nitrogens is 3. The number of nitrogens with zero attached hydrogens (tertiary/aromatic N) is 3. The van der Waals surface area contributed by atoms with Crippen molar-refractivity contribution in [1.82, 2.24) is 9.83 Å². The van der Waals surface area contributed by atoms with Crippen LogP contribution in [0.1, 0.15) is 33.5 Å². The first-order valence-electron chi connectivity index (χ1n) is 5.79. The average Bonchev–Trinajstić information content (AvgIpc) is 2.41. The molecule has 17 heavy (non-hydrogen) atoms. The van der Waals surface area contributed by atoms with Crippen LogP contribution in [-0.2, 0) is 0 Å². The second-order valence-electron chi connectivity index (χ2n) is 2.70. The molecule has 0 saturated carbocycles. The van der Waals surface area contributed by atoms with Gasteiger partial charge in [0, 0.05) is 13.0 Å². The van der Waals surface area contributed by atoms with Crippen molar-refractivity contribution in [2.75, 3.05) is 0 Å². The normalized spacial score (nSPS) is 8.76. The van der Waals surface area contributed by atoms with E-state index in [1.807, 2.05) is 27.7 Å². The maximum Gasteiger partial charge on any atom is 0.318 e. The van der Waals surface area contributed by atoms with Crippen molar-refractivity contribution in [1.29, 1.82) is 0 Å². The first-order chi connectivity index (χ1) is 8.20. The maximum absolute atomic E-state index is 11.4. The maximum atomic E-state index is 11.4. The zero-order chi connectivity index (χ0) is 13.4. The van der Waals surface area contributed by atoms with E-state index in [1.54, 1.807) is 24.3 Å². The molecule has 0 amide bonds. The molecule has 0 atom stereocenters. The van der Waals surface area contributed by atoms with Crippen molar-refractivity contribution < 1.29 is 4.54 Å². The molecule has 0 spiro atoms. The Kier molecular flexibility index (Phi) is 6.55. The number of para-hydroxylation sites is 2. The number of hydrogen-bond donors (Lipinski definition) is 0. The zero-order valence-corrected chi connectivity index (χ0v) is 11.0. The van der Waals surface area contributed by atoms with Crippen LogP contribution in [0.4, 0.5) is 0 Å². The predicted octanol–water partition coefficient (Wildman–Crippen LogP) is 2.66. The van der Waals surface area contributed by atoms with E-state index >= 15 is 0 Å². The predicted molar refractivity (Wildman–Crippen MR) is 69.3 cm³/mol. The fourth-order valence-electron chi connectivity index (χ4n) is 1.20. The second-order valence-corrected chi connectivity index (χ2v) is 2.70. The highest BCUT2D eigenvalue weighted by Crippen LogP contribution is 2.07. The smallest absolute Gasteiger partial charge is 0.318 e. The van der Waals surface area contributed by atoms with Gasteiger partial charge < -0.3 is 9.94 Å². The van der Waals surface area contributed by atoms with Crippen LogP contribution < -0.4 is 4.54 Å². The van der Waals surface area contributed by atoms with Gasteiger partial charge in [-0.15, -0.1) is 0 Å². The molecular weight excluding hydrogens is 218 g/mol. The molecule has 0 aliphatic carbocycles. The minimum atomic E-state index is 0.147. The third-order valence-corrected chi connectivity index (χ3v) is 1.84. The molecule has 1 aromatic heterocycles. The van der Waals surface area contributed by atoms with E-state index in [1.165, 1.54) is 6.92 Å². The highest BCUT2D eigenvalue weighted by molar-refractivity contribution is 5.71. The molecule has 0 aliphatic heterocycles. The van der Waals surface area contributed by atoms with Gasteiger partial charge in [-0.1, -0.05) is 39.8 Å². The fourth-order valence-corrected chi connectivity index (χ4v) is 1.20. The van der Waals surface area contributed by atoms with Crippen molar-refractivity contribution in [3.63, 3.8) is 0 Å². The molecule has 0 radical (unpaired) electrons. The van der Waals surface area contributed by atoms with E-state index in [9.17, 15) is 10.1 Å². The molecule has 0 unspecified atom stereocenters. The van der Waals surface area contributed by atoms with Gasteiger partial charge >= 0.3 is 5.52 Å². The molecule has 0 saturated heterocycles. The molecule has 0 N–H and O–H groups in total. The van der Waals surface area contributed by atoms with E-state index in [-0.39, 0.29) is 11.3 Å². The number of hydrogen-bond acceptors (Lipinski definition) is 3. The Morgan fingerprint density at radius 3 is 2.29 bits per heavy atom. The van der Waals surface area contributed by atoms with Crippen LogP contribution >= 0.6 is 0 Å². The molecule has 0 aliphatic rings. The van der Waals surface area contributed by atoms with Crippen LogP contribution in [0.5, 0.6) is 0 Å². The standard InChI is InChI=1S/C8H7N3O2.2C2H6/c1-6-9-11(13)8-5-3-2-4-7(8)10(6)12;2*1-2/h2-5H,1H3;2*1-2H3. The monoisotopic (exact) mass is 237 g/mol. The van der Waals surface area contributed by atoms with E-state index in [2.05, 4.69) is 5.10 Å². The number of fused-ring (bicyclic) bond motifs is 1. The molecule has 0 fully saturated rings. The second kappa shape index (κ2) is 7.38. The van der Waals surface area contributed by atoms with Gasteiger partial charge in [-0.25, -0.2) is 0 Å². The largest absolute Gasteiger partial charge is 0.804 e. The first-order valence-corrected chi connectivity index (χ1v) is 5.79. The first kappa shape index (κ1) is 15.1. The third kappa shape index (κ3) is 3.27. The lowest BCUT2D eigenvalue weighted by Gasteiger charge is -2.11. The molecule has 1 heterocycles. The summed E-state index contributed by atoms with van der Waals surface area (Å²) in [5.74, 6) is 0.147. The van der Waals surface area contributed by atoms with Crippen LogP contribution in [0.2, 0.25) is 0 Å². The van der Waals surface area contributed by atoms with E-state index in [4.69, 9.17) is 0 Å². The summed E-state index contributed by atoms with van der Waals surface area (Å²) in [5.41, 5.74) is 0.619. The molecule has 0 bridgehead atoms. The van der Waals surface area contributed by atoms with Gasteiger partial charge in [-0.3, -0.25) is 0 Å². The highest BCUT2D eigenvalue weighted by atomic mass is 16.5. The molecule has 94 valence electrons. The van der Waals surface area contributed by atoms with E-state index in [0.29, 0.717) is 14.8 Å². The molecule has 2 rings (SSSR count). The van der Waals surface area contributed by atoms with Crippen LogP contribution in [-0.4, -0.2) is 9.83 Å². The lowest BCUT2D eigenvalue weighted by atomic mass is 10.3. The molecule has 1 aromatic carbocycles. The summed E-state index contributed by atoms with van der Waals surface area (Å²) in [6.07, 6.45) is 0. The molecule has 5 heteroatoms. The SMILES string of the molecule is CC.CC.Cc1n[n+](=O)c2ccccc2n1[O-]. The summed E-state index contributed by atoms with van der Waals surface area (Å²) < 4.78 is 1.10. The molecule has 5 nitrogen and oxygen atoms in total. The van der Waals surface area contributed by atoms with Crippen LogP contribution in [0.3, 0.4) is 0 Å². The lowest BCUT2D eigenvalue weighted by molar-refractivity contribution is -0.537. The summed E-state index contributed by atoms with van der Waals surface area (Å²) >= 11 is 0. The Hall–Kier alpha value is -1.91. The highest BCUT2D eigenvalue weighted by Gasteiger charge is 2.09. The number of aryl methyl sites for hydroxylation is 1. The van der Waals surface area contributed by atoms with Crippen molar-refractivity contribution >= 4 is 11.0 Å². The summed E-state index contributed by atoms with van der Waals surface area (Å²) in [6, 6.07) is 6.54. The molecule has 2 aromatic rings. The Morgan fingerprint density at radius 2 is 1.71 bits per heavy atom. The lowest BCUT2D eigenvalue weighted by Crippen LogP contribution is -2.24. The van der Waals surface area contributed by atoms with Crippen LogP contribution in [0.25, 0.3) is 11.0 Å². The molecular formula is C12H19N3O2. The third-order valence-electron chi connectivity index (χ3n) is 1.84. The van der Waals surface area contributed by atoms with Crippen molar-refractivity contribution in [3.05, 3.63) is 40.2 Å². The summed E-state index contributed by atoms with van der Waals surface area (Å²) in [6.45, 7) is 9.49. The Bertz CT molecular complexity index is 521. The van der Waals surface area contributed by atoms with Gasteiger partial charge in [0.15, 0.2) is 10.4 Å². The minimum Gasteiger partial charge on any atom is -0.804 e. The van der Waals surface area contributed by atoms with Crippen molar-refractivity contribution in [3.8, 4) is 0 Å². The van der Waals surface area contributed by atoms with Gasteiger partial charge in [-0.2, -0.15) is 0 Å². The fraction of sp³-hybridized carbons (Fsp3) is 0.417. The van der Waals surface area contributed by atoms with Gasteiger partial charge in [0.2, 0.25) is 0 Å². The summed E-state index contributed by atoms with van der Waals surface area (Å²) in [5, 5.41) is 14.9. The minimum absolute atomic E-state index is 0.147. The summed E-state index contributed by atoms with van der Waals surface area (Å²) in [4.78, 5) is 11.2. The van der Waals surface area contributed by atoms with Crippen LogP contribution in [0.15, 0.2) is 24.3 Å². The van der Waals surface area contributed by atoms with E-state index in [0.717, 1.165) is 0 Å².